The first-order valence-corrected chi connectivity index (χ1v) is 11.1. The number of ketones is 1. The summed E-state index contributed by atoms with van der Waals surface area (Å²) in [6, 6.07) is 11.5. The second-order valence-electron chi connectivity index (χ2n) is 6.67. The first-order chi connectivity index (χ1) is 14.8. The quantitative estimate of drug-likeness (QED) is 0.316. The highest BCUT2D eigenvalue weighted by molar-refractivity contribution is 7.99. The largest absolute Gasteiger partial charge is 0.497 e. The summed E-state index contributed by atoms with van der Waals surface area (Å²) in [5, 5.41) is 13.0. The highest BCUT2D eigenvalue weighted by Crippen LogP contribution is 2.33. The number of rotatable bonds is 7. The van der Waals surface area contributed by atoms with Crippen molar-refractivity contribution in [2.45, 2.75) is 25.9 Å². The van der Waals surface area contributed by atoms with Crippen molar-refractivity contribution in [3.8, 4) is 23.1 Å². The minimum Gasteiger partial charge on any atom is -0.497 e. The summed E-state index contributed by atoms with van der Waals surface area (Å²) < 4.78 is 5.19. The van der Waals surface area contributed by atoms with Gasteiger partial charge in [-0.2, -0.15) is 5.26 Å². The van der Waals surface area contributed by atoms with Gasteiger partial charge in [-0.1, -0.05) is 11.8 Å². The molecule has 2 heterocycles. The average molecular weight is 453 g/mol. The van der Waals surface area contributed by atoms with E-state index in [2.05, 4.69) is 21.4 Å². The third kappa shape index (κ3) is 5.29. The van der Waals surface area contributed by atoms with Crippen LogP contribution in [-0.2, 0) is 4.79 Å². The van der Waals surface area contributed by atoms with Crippen LogP contribution in [0.15, 0.2) is 35.5 Å². The monoisotopic (exact) mass is 452 g/mol. The van der Waals surface area contributed by atoms with Crippen LogP contribution in [0.1, 0.15) is 33.4 Å². The van der Waals surface area contributed by atoms with Crippen molar-refractivity contribution in [3.05, 3.63) is 52.0 Å². The highest BCUT2D eigenvalue weighted by Gasteiger charge is 2.19. The van der Waals surface area contributed by atoms with Gasteiger partial charge >= 0.3 is 0 Å². The van der Waals surface area contributed by atoms with Crippen LogP contribution >= 0.6 is 23.1 Å². The van der Waals surface area contributed by atoms with E-state index in [1.807, 2.05) is 37.3 Å². The first-order valence-electron chi connectivity index (χ1n) is 9.29. The molecule has 0 unspecified atom stereocenters. The van der Waals surface area contributed by atoms with E-state index in [0.29, 0.717) is 26.2 Å². The highest BCUT2D eigenvalue weighted by atomic mass is 32.2. The van der Waals surface area contributed by atoms with Gasteiger partial charge in [0.15, 0.2) is 10.9 Å². The molecule has 0 aliphatic carbocycles. The Balaban J connectivity index is 1.72. The van der Waals surface area contributed by atoms with E-state index in [4.69, 9.17) is 4.74 Å². The number of hydrogen-bond acceptors (Lipinski definition) is 8. The molecule has 3 rings (SSSR count). The van der Waals surface area contributed by atoms with Crippen LogP contribution in [-0.4, -0.2) is 34.5 Å². The molecule has 0 saturated heterocycles. The van der Waals surface area contributed by atoms with Crippen molar-refractivity contribution in [3.63, 3.8) is 0 Å². The van der Waals surface area contributed by atoms with Crippen molar-refractivity contribution in [2.75, 3.05) is 18.2 Å². The average Bonchev–Trinajstić information content (AvgIpc) is 3.07. The lowest BCUT2D eigenvalue weighted by molar-refractivity contribution is -0.113. The third-order valence-corrected chi connectivity index (χ3v) is 6.54. The summed E-state index contributed by atoms with van der Waals surface area (Å²) in [7, 11) is 1.61. The van der Waals surface area contributed by atoms with Crippen LogP contribution in [0.4, 0.5) is 5.00 Å². The Morgan fingerprint density at radius 3 is 2.55 bits per heavy atom. The molecule has 1 amide bonds. The number of amides is 1. The van der Waals surface area contributed by atoms with Crippen LogP contribution in [0, 0.1) is 25.2 Å². The van der Waals surface area contributed by atoms with Gasteiger partial charge < -0.3 is 10.1 Å². The van der Waals surface area contributed by atoms with E-state index in [1.54, 1.807) is 14.0 Å². The van der Waals surface area contributed by atoms with Crippen molar-refractivity contribution in [1.29, 1.82) is 5.26 Å². The molecule has 0 aliphatic rings. The number of benzene rings is 1. The second kappa shape index (κ2) is 9.73. The number of nitriles is 1. The summed E-state index contributed by atoms with van der Waals surface area (Å²) in [6.45, 7) is 5.02. The molecule has 31 heavy (non-hydrogen) atoms. The van der Waals surface area contributed by atoms with Gasteiger partial charge in [0.1, 0.15) is 16.8 Å². The number of Topliss-reactive ketones (excluding diaryl/α,β-unsaturated/α-hetero) is 1. The van der Waals surface area contributed by atoms with Crippen LogP contribution < -0.4 is 10.1 Å². The fourth-order valence-corrected chi connectivity index (χ4v) is 4.65. The van der Waals surface area contributed by atoms with Gasteiger partial charge in [-0.05, 0) is 56.7 Å². The third-order valence-electron chi connectivity index (χ3n) is 4.38. The van der Waals surface area contributed by atoms with Gasteiger partial charge in [-0.3, -0.25) is 9.59 Å². The van der Waals surface area contributed by atoms with Crippen LogP contribution in [0.3, 0.4) is 0 Å². The maximum absolute atomic E-state index is 12.5. The van der Waals surface area contributed by atoms with Gasteiger partial charge in [0, 0.05) is 11.3 Å². The minimum absolute atomic E-state index is 0.0721. The summed E-state index contributed by atoms with van der Waals surface area (Å²) in [6.07, 6.45) is 0. The number of nitrogens with one attached hydrogen (secondary N) is 1. The standard InChI is InChI=1S/C22H20N4O3S2/c1-12-9-18(15-5-7-16(29-4)8-6-15)25-22(24-12)30-11-19(28)26-21-17(10-23)13(2)20(31-21)14(3)27/h5-9H,11H2,1-4H3,(H,26,28). The minimum atomic E-state index is -0.297. The predicted octanol–water partition coefficient (Wildman–Crippen LogP) is 4.64. The summed E-state index contributed by atoms with van der Waals surface area (Å²) >= 11 is 2.32. The Morgan fingerprint density at radius 2 is 1.94 bits per heavy atom. The number of carbonyl (C=O) groups is 2. The summed E-state index contributed by atoms with van der Waals surface area (Å²) in [4.78, 5) is 33.6. The number of aryl methyl sites for hydroxylation is 1. The number of aromatic nitrogens is 2. The zero-order valence-corrected chi connectivity index (χ0v) is 19.1. The number of ether oxygens (including phenoxy) is 1. The number of nitrogens with zero attached hydrogens (tertiary/aromatic N) is 3. The molecular weight excluding hydrogens is 432 g/mol. The molecular formula is C22H20N4O3S2. The molecule has 7 nitrogen and oxygen atoms in total. The lowest BCUT2D eigenvalue weighted by atomic mass is 10.1. The molecule has 0 radical (unpaired) electrons. The van der Waals surface area contributed by atoms with Crippen molar-refractivity contribution >= 4 is 39.8 Å². The van der Waals surface area contributed by atoms with Gasteiger partial charge in [0.05, 0.1) is 29.0 Å². The van der Waals surface area contributed by atoms with Gasteiger partial charge in [0.2, 0.25) is 5.91 Å². The molecule has 0 bridgehead atoms. The van der Waals surface area contributed by atoms with Crippen LogP contribution in [0.2, 0.25) is 0 Å². The van der Waals surface area contributed by atoms with E-state index < -0.39 is 0 Å². The molecule has 0 saturated carbocycles. The fourth-order valence-electron chi connectivity index (χ4n) is 2.88. The van der Waals surface area contributed by atoms with E-state index in [0.717, 1.165) is 34.0 Å². The van der Waals surface area contributed by atoms with E-state index in [1.165, 1.54) is 18.7 Å². The molecule has 0 spiro atoms. The zero-order chi connectivity index (χ0) is 22.5. The Hall–Kier alpha value is -3.22. The van der Waals surface area contributed by atoms with Crippen molar-refractivity contribution < 1.29 is 14.3 Å². The molecule has 0 fully saturated rings. The lowest BCUT2D eigenvalue weighted by Crippen LogP contribution is -2.14. The number of thioether (sulfide) groups is 1. The SMILES string of the molecule is COc1ccc(-c2cc(C)nc(SCC(=O)Nc3sc(C(C)=O)c(C)c3C#N)n2)cc1. The summed E-state index contributed by atoms with van der Waals surface area (Å²) in [5.41, 5.74) is 3.37. The Kier molecular flexibility index (Phi) is 7.05. The Bertz CT molecular complexity index is 1180. The predicted molar refractivity (Wildman–Crippen MR) is 122 cm³/mol. The molecule has 0 aliphatic heterocycles. The Labute approximate surface area is 188 Å². The number of carbonyl (C=O) groups excluding carboxylic acids is 2. The van der Waals surface area contributed by atoms with Gasteiger partial charge in [-0.15, -0.1) is 11.3 Å². The normalized spacial score (nSPS) is 10.4. The lowest BCUT2D eigenvalue weighted by Gasteiger charge is -2.07. The first kappa shape index (κ1) is 22.5. The maximum Gasteiger partial charge on any atom is 0.235 e. The Morgan fingerprint density at radius 1 is 1.23 bits per heavy atom. The van der Waals surface area contributed by atoms with Crippen molar-refractivity contribution in [2.24, 2.45) is 0 Å². The van der Waals surface area contributed by atoms with Gasteiger partial charge in [-0.25, -0.2) is 9.97 Å². The molecule has 1 N–H and O–H groups in total. The number of anilines is 1. The van der Waals surface area contributed by atoms with Crippen LogP contribution in [0.5, 0.6) is 5.75 Å². The fraction of sp³-hybridized carbons (Fsp3) is 0.227. The molecule has 2 aromatic heterocycles. The molecule has 158 valence electrons. The number of thiophene rings is 1. The van der Waals surface area contributed by atoms with Gasteiger partial charge in [0.25, 0.3) is 0 Å². The van der Waals surface area contributed by atoms with E-state index in [9.17, 15) is 14.9 Å². The molecule has 9 heteroatoms. The van der Waals surface area contributed by atoms with Crippen LogP contribution in [0.25, 0.3) is 11.3 Å². The molecule has 1 aromatic carbocycles. The van der Waals surface area contributed by atoms with E-state index >= 15 is 0 Å². The zero-order valence-electron chi connectivity index (χ0n) is 17.5. The molecule has 0 atom stereocenters. The van der Waals surface area contributed by atoms with E-state index in [-0.39, 0.29) is 17.4 Å². The second-order valence-corrected chi connectivity index (χ2v) is 8.63. The van der Waals surface area contributed by atoms with Crippen molar-refractivity contribution in [1.82, 2.24) is 9.97 Å². The number of hydrogen-bond donors (Lipinski definition) is 1. The molecule has 3 aromatic rings. The summed E-state index contributed by atoms with van der Waals surface area (Å²) in [5.74, 6) is 0.402. The topological polar surface area (TPSA) is 105 Å². The smallest absolute Gasteiger partial charge is 0.235 e. The number of methoxy groups -OCH3 is 1. The maximum atomic E-state index is 12.5.